The minimum atomic E-state index is -0.804. The molecule has 0 radical (unpaired) electrons. The van der Waals surface area contributed by atoms with E-state index in [0.29, 0.717) is 19.4 Å². The van der Waals surface area contributed by atoms with Crippen molar-refractivity contribution in [1.29, 1.82) is 0 Å². The molecular formula is C25H26FN3O2. The van der Waals surface area contributed by atoms with Crippen molar-refractivity contribution in [2.45, 2.75) is 38.9 Å². The van der Waals surface area contributed by atoms with Gasteiger partial charge in [-0.05, 0) is 41.3 Å². The van der Waals surface area contributed by atoms with Crippen LogP contribution in [0.2, 0.25) is 0 Å². The molecule has 1 heterocycles. The molecule has 0 fully saturated rings. The third-order valence-corrected chi connectivity index (χ3v) is 4.92. The van der Waals surface area contributed by atoms with Gasteiger partial charge in [0, 0.05) is 31.9 Å². The first kappa shape index (κ1) is 22.2. The first-order valence-electron chi connectivity index (χ1n) is 10.3. The standard InChI is InChI=1S/C25H26FN3O2/c1-2-7-23(30)29(18-19-11-13-22(26)14-12-19)24(21-9-4-3-5-10-21)25(31)28-17-20-8-6-15-27-16-20/h3-6,8-16,24H,2,7,17-18H2,1H3,(H,28,31)/t24-/m0/s1. The Kier molecular flexibility index (Phi) is 7.87. The van der Waals surface area contributed by atoms with Crippen LogP contribution in [0.25, 0.3) is 0 Å². The summed E-state index contributed by atoms with van der Waals surface area (Å²) in [5.41, 5.74) is 2.34. The zero-order chi connectivity index (χ0) is 22.1. The SMILES string of the molecule is CCCC(=O)N(Cc1ccc(F)cc1)[C@H](C(=O)NCc1cccnc1)c1ccccc1. The Bertz CT molecular complexity index is 979. The molecule has 1 atom stereocenters. The van der Waals surface area contributed by atoms with Gasteiger partial charge >= 0.3 is 0 Å². The van der Waals surface area contributed by atoms with Crippen molar-refractivity contribution in [3.63, 3.8) is 0 Å². The summed E-state index contributed by atoms with van der Waals surface area (Å²) in [5, 5.41) is 2.94. The van der Waals surface area contributed by atoms with Crippen LogP contribution >= 0.6 is 0 Å². The fourth-order valence-corrected chi connectivity index (χ4v) is 3.36. The monoisotopic (exact) mass is 419 g/mol. The number of hydrogen-bond donors (Lipinski definition) is 1. The predicted octanol–water partition coefficient (Wildman–Crippen LogP) is 4.41. The number of nitrogens with one attached hydrogen (secondary N) is 1. The molecule has 0 unspecified atom stereocenters. The van der Waals surface area contributed by atoms with Crippen LogP contribution in [-0.2, 0) is 22.7 Å². The Labute approximate surface area is 181 Å². The Morgan fingerprint density at radius 3 is 2.39 bits per heavy atom. The van der Waals surface area contributed by atoms with Gasteiger partial charge in [0.05, 0.1) is 0 Å². The van der Waals surface area contributed by atoms with Crippen LogP contribution in [0.5, 0.6) is 0 Å². The van der Waals surface area contributed by atoms with Gasteiger partial charge in [-0.1, -0.05) is 55.5 Å². The third-order valence-electron chi connectivity index (χ3n) is 4.92. The Hall–Kier alpha value is -3.54. The summed E-state index contributed by atoms with van der Waals surface area (Å²) in [6, 6.07) is 18.1. The van der Waals surface area contributed by atoms with Crippen LogP contribution < -0.4 is 5.32 Å². The minimum absolute atomic E-state index is 0.128. The Morgan fingerprint density at radius 1 is 1.00 bits per heavy atom. The van der Waals surface area contributed by atoms with Crippen LogP contribution in [0.15, 0.2) is 79.1 Å². The number of pyridine rings is 1. The third kappa shape index (κ3) is 6.22. The molecule has 160 valence electrons. The molecule has 3 rings (SSSR count). The highest BCUT2D eigenvalue weighted by Crippen LogP contribution is 2.25. The maximum atomic E-state index is 13.4. The highest BCUT2D eigenvalue weighted by Gasteiger charge is 2.31. The molecule has 0 aliphatic rings. The number of aromatic nitrogens is 1. The van der Waals surface area contributed by atoms with Crippen LogP contribution in [0.4, 0.5) is 4.39 Å². The van der Waals surface area contributed by atoms with Crippen molar-refractivity contribution in [3.8, 4) is 0 Å². The maximum Gasteiger partial charge on any atom is 0.247 e. The quantitative estimate of drug-likeness (QED) is 0.559. The van der Waals surface area contributed by atoms with Gasteiger partial charge in [-0.25, -0.2) is 4.39 Å². The van der Waals surface area contributed by atoms with E-state index in [1.807, 2.05) is 49.4 Å². The van der Waals surface area contributed by atoms with Crippen LogP contribution in [-0.4, -0.2) is 21.7 Å². The summed E-state index contributed by atoms with van der Waals surface area (Å²) >= 11 is 0. The van der Waals surface area contributed by atoms with Gasteiger partial charge in [0.25, 0.3) is 0 Å². The molecule has 0 saturated heterocycles. The molecule has 0 bridgehead atoms. The highest BCUT2D eigenvalue weighted by molar-refractivity contribution is 5.88. The predicted molar refractivity (Wildman–Crippen MR) is 117 cm³/mol. The van der Waals surface area contributed by atoms with E-state index in [2.05, 4.69) is 10.3 Å². The van der Waals surface area contributed by atoms with Gasteiger partial charge in [0.15, 0.2) is 0 Å². The molecule has 0 aliphatic carbocycles. The molecule has 2 amide bonds. The summed E-state index contributed by atoms with van der Waals surface area (Å²) in [4.78, 5) is 32.0. The van der Waals surface area contributed by atoms with Crippen LogP contribution in [0.3, 0.4) is 0 Å². The average Bonchev–Trinajstić information content (AvgIpc) is 2.80. The Balaban J connectivity index is 1.91. The molecule has 0 saturated carbocycles. The van der Waals surface area contributed by atoms with Crippen LogP contribution in [0, 0.1) is 5.82 Å². The number of benzene rings is 2. The molecule has 6 heteroatoms. The lowest BCUT2D eigenvalue weighted by molar-refractivity contribution is -0.141. The molecular weight excluding hydrogens is 393 g/mol. The van der Waals surface area contributed by atoms with E-state index in [1.54, 1.807) is 29.4 Å². The number of nitrogens with zero attached hydrogens (tertiary/aromatic N) is 2. The normalized spacial score (nSPS) is 11.5. The second kappa shape index (κ2) is 11.0. The molecule has 3 aromatic rings. The number of hydrogen-bond acceptors (Lipinski definition) is 3. The number of carbonyl (C=O) groups excluding carboxylic acids is 2. The van der Waals surface area contributed by atoms with Crippen molar-refractivity contribution < 1.29 is 14.0 Å². The maximum absolute atomic E-state index is 13.4. The fraction of sp³-hybridized carbons (Fsp3) is 0.240. The second-order valence-corrected chi connectivity index (χ2v) is 7.29. The van der Waals surface area contributed by atoms with Gasteiger partial charge in [-0.2, -0.15) is 0 Å². The number of carbonyl (C=O) groups is 2. The van der Waals surface area contributed by atoms with E-state index < -0.39 is 6.04 Å². The van der Waals surface area contributed by atoms with Gasteiger partial charge in [-0.3, -0.25) is 14.6 Å². The summed E-state index contributed by atoms with van der Waals surface area (Å²) in [7, 11) is 0. The Morgan fingerprint density at radius 2 is 1.74 bits per heavy atom. The summed E-state index contributed by atoms with van der Waals surface area (Å²) in [5.74, 6) is -0.747. The molecule has 31 heavy (non-hydrogen) atoms. The summed E-state index contributed by atoms with van der Waals surface area (Å²) in [6.45, 7) is 2.44. The molecule has 1 N–H and O–H groups in total. The lowest BCUT2D eigenvalue weighted by atomic mass is 10.0. The average molecular weight is 420 g/mol. The molecule has 5 nitrogen and oxygen atoms in total. The van der Waals surface area contributed by atoms with Crippen molar-refractivity contribution in [2.24, 2.45) is 0 Å². The van der Waals surface area contributed by atoms with Crippen molar-refractivity contribution in [2.75, 3.05) is 0 Å². The van der Waals surface area contributed by atoms with E-state index in [0.717, 1.165) is 16.7 Å². The molecule has 2 aromatic carbocycles. The van der Waals surface area contributed by atoms with E-state index in [9.17, 15) is 14.0 Å². The van der Waals surface area contributed by atoms with E-state index >= 15 is 0 Å². The van der Waals surface area contributed by atoms with Crippen LogP contribution in [0.1, 0.15) is 42.5 Å². The zero-order valence-electron chi connectivity index (χ0n) is 17.5. The van der Waals surface area contributed by atoms with E-state index in [4.69, 9.17) is 0 Å². The van der Waals surface area contributed by atoms with E-state index in [-0.39, 0.29) is 24.2 Å². The lowest BCUT2D eigenvalue weighted by Gasteiger charge is -2.31. The highest BCUT2D eigenvalue weighted by atomic mass is 19.1. The first-order chi connectivity index (χ1) is 15.1. The van der Waals surface area contributed by atoms with Gasteiger partial charge in [0.2, 0.25) is 11.8 Å². The minimum Gasteiger partial charge on any atom is -0.350 e. The van der Waals surface area contributed by atoms with Crippen molar-refractivity contribution >= 4 is 11.8 Å². The second-order valence-electron chi connectivity index (χ2n) is 7.29. The molecule has 1 aromatic heterocycles. The topological polar surface area (TPSA) is 62.3 Å². The number of amides is 2. The van der Waals surface area contributed by atoms with Gasteiger partial charge in [-0.15, -0.1) is 0 Å². The van der Waals surface area contributed by atoms with Gasteiger partial charge < -0.3 is 10.2 Å². The van der Waals surface area contributed by atoms with Crippen molar-refractivity contribution in [3.05, 3.63) is 102 Å². The molecule has 0 spiro atoms. The first-order valence-corrected chi connectivity index (χ1v) is 10.3. The molecule has 0 aliphatic heterocycles. The van der Waals surface area contributed by atoms with E-state index in [1.165, 1.54) is 12.1 Å². The fourth-order valence-electron chi connectivity index (χ4n) is 3.36. The summed E-state index contributed by atoms with van der Waals surface area (Å²) < 4.78 is 13.4. The summed E-state index contributed by atoms with van der Waals surface area (Å²) in [6.07, 6.45) is 4.35. The largest absolute Gasteiger partial charge is 0.350 e. The smallest absolute Gasteiger partial charge is 0.247 e. The van der Waals surface area contributed by atoms with Crippen molar-refractivity contribution in [1.82, 2.24) is 15.2 Å². The zero-order valence-corrected chi connectivity index (χ0v) is 17.5. The van der Waals surface area contributed by atoms with Gasteiger partial charge in [0.1, 0.15) is 11.9 Å². The number of halogens is 1. The number of rotatable bonds is 9. The lowest BCUT2D eigenvalue weighted by Crippen LogP contribution is -2.43.